The van der Waals surface area contributed by atoms with E-state index in [-0.39, 0.29) is 5.69 Å². The van der Waals surface area contributed by atoms with Gasteiger partial charge in [0.15, 0.2) is 0 Å². The summed E-state index contributed by atoms with van der Waals surface area (Å²) in [4.78, 5) is 14.3. The van der Waals surface area contributed by atoms with E-state index in [1.54, 1.807) is 24.4 Å². The highest BCUT2D eigenvalue weighted by Gasteiger charge is 2.05. The van der Waals surface area contributed by atoms with Crippen molar-refractivity contribution < 1.29 is 9.66 Å². The minimum Gasteiger partial charge on any atom is -0.439 e. The number of non-ortho nitro benzene ring substituents is 1. The molecule has 6 heteroatoms. The molecule has 1 heterocycles. The van der Waals surface area contributed by atoms with E-state index in [1.807, 2.05) is 13.0 Å². The highest BCUT2D eigenvalue weighted by atomic mass is 16.6. The minimum absolute atomic E-state index is 0.0336. The third kappa shape index (κ3) is 3.76. The van der Waals surface area contributed by atoms with E-state index in [1.165, 1.54) is 12.1 Å². The summed E-state index contributed by atoms with van der Waals surface area (Å²) in [5.41, 5.74) is 1.11. The Morgan fingerprint density at radius 1 is 1.25 bits per heavy atom. The van der Waals surface area contributed by atoms with Crippen molar-refractivity contribution in [3.05, 3.63) is 58.3 Å². The van der Waals surface area contributed by atoms with Gasteiger partial charge in [-0.25, -0.2) is 4.98 Å². The van der Waals surface area contributed by atoms with Crippen LogP contribution in [0.25, 0.3) is 0 Å². The summed E-state index contributed by atoms with van der Waals surface area (Å²) in [7, 11) is 0. The molecule has 6 nitrogen and oxygen atoms in total. The van der Waals surface area contributed by atoms with Gasteiger partial charge in [-0.15, -0.1) is 0 Å². The Kier molecular flexibility index (Phi) is 4.62. The first-order valence-corrected chi connectivity index (χ1v) is 6.27. The monoisotopic (exact) mass is 273 g/mol. The molecule has 2 aromatic rings. The Bertz CT molecular complexity index is 567. The standard InChI is InChI=1S/C14H15N3O3/c1-2-15-9-11-3-8-14(16-10-11)20-13-6-4-12(5-7-13)17(18)19/h3-8,10,15H,2,9H2,1H3. The van der Waals surface area contributed by atoms with E-state index in [2.05, 4.69) is 10.3 Å². The lowest BCUT2D eigenvalue weighted by molar-refractivity contribution is -0.384. The van der Waals surface area contributed by atoms with Crippen LogP contribution in [0.3, 0.4) is 0 Å². The zero-order chi connectivity index (χ0) is 14.4. The van der Waals surface area contributed by atoms with Crippen LogP contribution in [0.15, 0.2) is 42.6 Å². The van der Waals surface area contributed by atoms with Gasteiger partial charge in [0.25, 0.3) is 5.69 Å². The van der Waals surface area contributed by atoms with Crippen molar-refractivity contribution in [2.75, 3.05) is 6.54 Å². The summed E-state index contributed by atoms with van der Waals surface area (Å²) in [5.74, 6) is 0.974. The molecule has 0 fully saturated rings. The molecule has 0 aliphatic rings. The molecule has 0 amide bonds. The quantitative estimate of drug-likeness (QED) is 0.646. The van der Waals surface area contributed by atoms with Gasteiger partial charge in [-0.05, 0) is 24.2 Å². The van der Waals surface area contributed by atoms with Crippen LogP contribution in [0.5, 0.6) is 11.6 Å². The van der Waals surface area contributed by atoms with Crippen molar-refractivity contribution in [1.82, 2.24) is 10.3 Å². The molecule has 0 radical (unpaired) electrons. The van der Waals surface area contributed by atoms with Gasteiger partial charge in [-0.1, -0.05) is 13.0 Å². The number of ether oxygens (including phenoxy) is 1. The fourth-order valence-electron chi connectivity index (χ4n) is 1.60. The van der Waals surface area contributed by atoms with Gasteiger partial charge in [-0.3, -0.25) is 10.1 Å². The lowest BCUT2D eigenvalue weighted by Crippen LogP contribution is -2.11. The predicted molar refractivity (Wildman–Crippen MR) is 74.8 cm³/mol. The van der Waals surface area contributed by atoms with Crippen LogP contribution in [0, 0.1) is 10.1 Å². The smallest absolute Gasteiger partial charge is 0.269 e. The molecule has 0 unspecified atom stereocenters. The maximum atomic E-state index is 10.5. The molecule has 1 aromatic carbocycles. The fourth-order valence-corrected chi connectivity index (χ4v) is 1.60. The number of hydrogen-bond acceptors (Lipinski definition) is 5. The molecule has 104 valence electrons. The SMILES string of the molecule is CCNCc1ccc(Oc2ccc([N+](=O)[O-])cc2)nc1. The van der Waals surface area contributed by atoms with Crippen LogP contribution in [-0.2, 0) is 6.54 Å². The Balaban J connectivity index is 2.00. The average Bonchev–Trinajstić information content (AvgIpc) is 2.47. The maximum absolute atomic E-state index is 10.5. The van der Waals surface area contributed by atoms with Gasteiger partial charge in [-0.2, -0.15) is 0 Å². The summed E-state index contributed by atoms with van der Waals surface area (Å²) in [5, 5.41) is 13.7. The van der Waals surface area contributed by atoms with E-state index >= 15 is 0 Å². The molecule has 1 aromatic heterocycles. The van der Waals surface area contributed by atoms with Crippen molar-refractivity contribution in [3.8, 4) is 11.6 Å². The van der Waals surface area contributed by atoms with E-state index in [4.69, 9.17) is 4.74 Å². The first-order valence-electron chi connectivity index (χ1n) is 6.27. The largest absolute Gasteiger partial charge is 0.439 e. The van der Waals surface area contributed by atoms with Crippen LogP contribution in [-0.4, -0.2) is 16.5 Å². The molecule has 0 aliphatic carbocycles. The van der Waals surface area contributed by atoms with Gasteiger partial charge in [0, 0.05) is 30.9 Å². The van der Waals surface area contributed by atoms with E-state index in [9.17, 15) is 10.1 Å². The van der Waals surface area contributed by atoms with E-state index in [0.717, 1.165) is 18.7 Å². The normalized spacial score (nSPS) is 10.2. The number of aromatic nitrogens is 1. The maximum Gasteiger partial charge on any atom is 0.269 e. The van der Waals surface area contributed by atoms with E-state index in [0.29, 0.717) is 11.6 Å². The number of nitrogens with zero attached hydrogens (tertiary/aromatic N) is 2. The molecule has 0 spiro atoms. The van der Waals surface area contributed by atoms with Crippen LogP contribution in [0.4, 0.5) is 5.69 Å². The second kappa shape index (κ2) is 6.63. The van der Waals surface area contributed by atoms with Gasteiger partial charge >= 0.3 is 0 Å². The van der Waals surface area contributed by atoms with Gasteiger partial charge in [0.2, 0.25) is 5.88 Å². The summed E-state index contributed by atoms with van der Waals surface area (Å²) < 4.78 is 5.52. The number of rotatable bonds is 6. The van der Waals surface area contributed by atoms with Gasteiger partial charge in [0.1, 0.15) is 5.75 Å². The van der Waals surface area contributed by atoms with E-state index < -0.39 is 4.92 Å². The zero-order valence-corrected chi connectivity index (χ0v) is 11.1. The van der Waals surface area contributed by atoms with Crippen LogP contribution >= 0.6 is 0 Å². The average molecular weight is 273 g/mol. The number of nitrogens with one attached hydrogen (secondary N) is 1. The molecule has 0 atom stereocenters. The highest BCUT2D eigenvalue weighted by Crippen LogP contribution is 2.22. The number of nitro benzene ring substituents is 1. The van der Waals surface area contributed by atoms with Crippen molar-refractivity contribution in [2.24, 2.45) is 0 Å². The molecular formula is C14H15N3O3. The lowest BCUT2D eigenvalue weighted by atomic mass is 10.3. The first-order chi connectivity index (χ1) is 9.69. The molecule has 0 aliphatic heterocycles. The Hall–Kier alpha value is -2.47. The summed E-state index contributed by atoms with van der Waals surface area (Å²) >= 11 is 0. The highest BCUT2D eigenvalue weighted by molar-refractivity contribution is 5.37. The van der Waals surface area contributed by atoms with Gasteiger partial charge < -0.3 is 10.1 Å². The number of pyridine rings is 1. The second-order valence-corrected chi connectivity index (χ2v) is 4.14. The third-order valence-electron chi connectivity index (χ3n) is 2.65. The van der Waals surface area contributed by atoms with Crippen LogP contribution in [0.2, 0.25) is 0 Å². The third-order valence-corrected chi connectivity index (χ3v) is 2.65. The summed E-state index contributed by atoms with van der Waals surface area (Å²) in [6, 6.07) is 9.59. The molecule has 0 saturated carbocycles. The van der Waals surface area contributed by atoms with Crippen molar-refractivity contribution in [1.29, 1.82) is 0 Å². The Labute approximate surface area is 116 Å². The fraction of sp³-hybridized carbons (Fsp3) is 0.214. The molecule has 0 saturated heterocycles. The zero-order valence-electron chi connectivity index (χ0n) is 11.1. The van der Waals surface area contributed by atoms with Crippen molar-refractivity contribution in [3.63, 3.8) is 0 Å². The topological polar surface area (TPSA) is 77.3 Å². The predicted octanol–water partition coefficient (Wildman–Crippen LogP) is 2.89. The van der Waals surface area contributed by atoms with Crippen LogP contribution < -0.4 is 10.1 Å². The lowest BCUT2D eigenvalue weighted by Gasteiger charge is -2.06. The molecule has 0 bridgehead atoms. The molecule has 20 heavy (non-hydrogen) atoms. The van der Waals surface area contributed by atoms with Crippen LogP contribution in [0.1, 0.15) is 12.5 Å². The Morgan fingerprint density at radius 2 is 2.00 bits per heavy atom. The number of nitro groups is 1. The number of hydrogen-bond donors (Lipinski definition) is 1. The molecule has 1 N–H and O–H groups in total. The summed E-state index contributed by atoms with van der Waals surface area (Å²) in [6.45, 7) is 3.71. The second-order valence-electron chi connectivity index (χ2n) is 4.14. The van der Waals surface area contributed by atoms with Crippen molar-refractivity contribution in [2.45, 2.75) is 13.5 Å². The molecule has 2 rings (SSSR count). The van der Waals surface area contributed by atoms with Crippen molar-refractivity contribution >= 4 is 5.69 Å². The number of benzene rings is 1. The van der Waals surface area contributed by atoms with Gasteiger partial charge in [0.05, 0.1) is 4.92 Å². The molecular weight excluding hydrogens is 258 g/mol. The first kappa shape index (κ1) is 14.0. The Morgan fingerprint density at radius 3 is 2.55 bits per heavy atom. The summed E-state index contributed by atoms with van der Waals surface area (Å²) in [6.07, 6.45) is 1.74. The minimum atomic E-state index is -0.447.